The summed E-state index contributed by atoms with van der Waals surface area (Å²) in [5.74, 6) is -2.57. The fourth-order valence-corrected chi connectivity index (χ4v) is 3.65. The minimum Gasteiger partial charge on any atom is -0.480 e. The van der Waals surface area contributed by atoms with Gasteiger partial charge in [-0.05, 0) is 42.8 Å². The number of hydrogen-bond donors (Lipinski definition) is 6. The Balaban J connectivity index is 2.90. The Labute approximate surface area is 204 Å². The van der Waals surface area contributed by atoms with E-state index < -0.39 is 54.5 Å². The predicted molar refractivity (Wildman–Crippen MR) is 131 cm³/mol. The Hall–Kier alpha value is -2.63. The van der Waals surface area contributed by atoms with Crippen LogP contribution in [0.2, 0.25) is 0 Å². The molecule has 0 aliphatic rings. The number of carboxylic acids is 1. The lowest BCUT2D eigenvalue weighted by Crippen LogP contribution is -2.58. The van der Waals surface area contributed by atoms with Gasteiger partial charge in [0.25, 0.3) is 0 Å². The zero-order valence-corrected chi connectivity index (χ0v) is 20.6. The van der Waals surface area contributed by atoms with Gasteiger partial charge in [-0.2, -0.15) is 11.8 Å². The van der Waals surface area contributed by atoms with Crippen LogP contribution < -0.4 is 21.7 Å². The Morgan fingerprint density at radius 1 is 0.941 bits per heavy atom. The number of aliphatic hydroxyl groups is 1. The molecule has 0 bridgehead atoms. The first kappa shape index (κ1) is 29.4. The molecule has 10 nitrogen and oxygen atoms in total. The highest BCUT2D eigenvalue weighted by Gasteiger charge is 2.30. The Morgan fingerprint density at radius 2 is 1.50 bits per heavy atom. The van der Waals surface area contributed by atoms with E-state index in [4.69, 9.17) is 10.8 Å². The molecule has 0 aromatic heterocycles. The molecule has 0 saturated carbocycles. The second kappa shape index (κ2) is 15.3. The van der Waals surface area contributed by atoms with E-state index in [1.165, 1.54) is 11.8 Å². The number of thioether (sulfide) groups is 1. The van der Waals surface area contributed by atoms with E-state index >= 15 is 0 Å². The third-order valence-electron chi connectivity index (χ3n) is 5.02. The standard InChI is InChI=1S/C23H36N4O6S/c1-14(2)11-18(22(31)27-19(13-28)23(32)33)26-21(30)17(9-10-34-3)25-20(29)16(24)12-15-7-5-4-6-8-15/h4-8,14,16-19,28H,9-13,24H2,1-3H3,(H,25,29)(H,26,30)(H,27,31)(H,32,33). The second-order valence-corrected chi connectivity index (χ2v) is 9.40. The summed E-state index contributed by atoms with van der Waals surface area (Å²) in [6.07, 6.45) is 2.74. The summed E-state index contributed by atoms with van der Waals surface area (Å²) in [5, 5.41) is 25.8. The lowest BCUT2D eigenvalue weighted by Gasteiger charge is -2.25. The normalized spacial score (nSPS) is 14.5. The van der Waals surface area contributed by atoms with Crippen LogP contribution in [0.25, 0.3) is 0 Å². The molecule has 1 rings (SSSR count). The molecule has 3 amide bonds. The van der Waals surface area contributed by atoms with Crippen LogP contribution in [0.3, 0.4) is 0 Å². The van der Waals surface area contributed by atoms with Crippen LogP contribution in [0.4, 0.5) is 0 Å². The summed E-state index contributed by atoms with van der Waals surface area (Å²) in [5.41, 5.74) is 6.94. The van der Waals surface area contributed by atoms with E-state index in [1.54, 1.807) is 0 Å². The number of carbonyl (C=O) groups is 4. The lowest BCUT2D eigenvalue weighted by atomic mass is 10.0. The van der Waals surface area contributed by atoms with Gasteiger partial charge in [-0.1, -0.05) is 44.2 Å². The van der Waals surface area contributed by atoms with Crippen molar-refractivity contribution in [2.45, 2.75) is 57.3 Å². The van der Waals surface area contributed by atoms with E-state index in [1.807, 2.05) is 50.4 Å². The maximum Gasteiger partial charge on any atom is 0.328 e. The van der Waals surface area contributed by atoms with Crippen LogP contribution in [0.15, 0.2) is 30.3 Å². The van der Waals surface area contributed by atoms with Crippen LogP contribution in [-0.2, 0) is 25.6 Å². The number of amides is 3. The van der Waals surface area contributed by atoms with Crippen LogP contribution in [0.5, 0.6) is 0 Å². The third kappa shape index (κ3) is 10.5. The van der Waals surface area contributed by atoms with Gasteiger partial charge in [0.15, 0.2) is 0 Å². The molecule has 0 heterocycles. The Kier molecular flexibility index (Phi) is 13.2. The summed E-state index contributed by atoms with van der Waals surface area (Å²) in [4.78, 5) is 49.5. The van der Waals surface area contributed by atoms with Crippen molar-refractivity contribution < 1.29 is 29.4 Å². The fraction of sp³-hybridized carbons (Fsp3) is 0.565. The summed E-state index contributed by atoms with van der Waals surface area (Å²) >= 11 is 1.50. The first-order chi connectivity index (χ1) is 16.1. The van der Waals surface area contributed by atoms with Gasteiger partial charge in [0.05, 0.1) is 12.6 Å². The molecule has 0 aliphatic carbocycles. The van der Waals surface area contributed by atoms with Gasteiger partial charge in [-0.15, -0.1) is 0 Å². The number of nitrogens with one attached hydrogen (secondary N) is 3. The summed E-state index contributed by atoms with van der Waals surface area (Å²) in [7, 11) is 0. The second-order valence-electron chi connectivity index (χ2n) is 8.41. The molecule has 11 heteroatoms. The van der Waals surface area contributed by atoms with E-state index in [9.17, 15) is 24.3 Å². The summed E-state index contributed by atoms with van der Waals surface area (Å²) in [6, 6.07) is 4.98. The molecule has 7 N–H and O–H groups in total. The quantitative estimate of drug-likeness (QED) is 0.195. The maximum atomic E-state index is 13.0. The fourth-order valence-electron chi connectivity index (χ4n) is 3.18. The molecule has 0 radical (unpaired) electrons. The average molecular weight is 497 g/mol. The van der Waals surface area contributed by atoms with Crippen molar-refractivity contribution in [3.8, 4) is 0 Å². The molecule has 1 aromatic rings. The van der Waals surface area contributed by atoms with Crippen molar-refractivity contribution in [1.29, 1.82) is 0 Å². The average Bonchev–Trinajstić information content (AvgIpc) is 2.79. The molecule has 0 spiro atoms. The molecule has 0 aliphatic heterocycles. The van der Waals surface area contributed by atoms with E-state index in [-0.39, 0.29) is 12.3 Å². The first-order valence-corrected chi connectivity index (χ1v) is 12.5. The molecule has 0 saturated heterocycles. The van der Waals surface area contributed by atoms with Crippen LogP contribution >= 0.6 is 11.8 Å². The number of nitrogens with two attached hydrogens (primary N) is 1. The largest absolute Gasteiger partial charge is 0.480 e. The topological polar surface area (TPSA) is 171 Å². The van der Waals surface area contributed by atoms with Crippen molar-refractivity contribution in [1.82, 2.24) is 16.0 Å². The summed E-state index contributed by atoms with van der Waals surface area (Å²) in [6.45, 7) is 2.92. The molecule has 190 valence electrons. The van der Waals surface area contributed by atoms with Gasteiger partial charge in [-0.3, -0.25) is 14.4 Å². The number of benzene rings is 1. The van der Waals surface area contributed by atoms with E-state index in [0.717, 1.165) is 5.56 Å². The van der Waals surface area contributed by atoms with E-state index in [2.05, 4.69) is 16.0 Å². The highest BCUT2D eigenvalue weighted by molar-refractivity contribution is 7.98. The Bertz CT molecular complexity index is 808. The smallest absolute Gasteiger partial charge is 0.328 e. The Morgan fingerprint density at radius 3 is 2.03 bits per heavy atom. The van der Waals surface area contributed by atoms with Crippen molar-refractivity contribution in [2.24, 2.45) is 11.7 Å². The lowest BCUT2D eigenvalue weighted by molar-refractivity contribution is -0.143. The van der Waals surface area contributed by atoms with Crippen molar-refractivity contribution in [3.05, 3.63) is 35.9 Å². The minimum atomic E-state index is -1.48. The number of hydrogen-bond acceptors (Lipinski definition) is 7. The first-order valence-electron chi connectivity index (χ1n) is 11.1. The maximum absolute atomic E-state index is 13.0. The molecular formula is C23H36N4O6S. The molecule has 4 atom stereocenters. The molecule has 1 aromatic carbocycles. The number of aliphatic carboxylic acids is 1. The van der Waals surface area contributed by atoms with Crippen molar-refractivity contribution in [2.75, 3.05) is 18.6 Å². The molecular weight excluding hydrogens is 460 g/mol. The van der Waals surface area contributed by atoms with Gasteiger partial charge < -0.3 is 31.9 Å². The minimum absolute atomic E-state index is 0.00647. The number of carboxylic acid groups (broad SMARTS) is 1. The van der Waals surface area contributed by atoms with Gasteiger partial charge in [-0.25, -0.2) is 4.79 Å². The van der Waals surface area contributed by atoms with Gasteiger partial charge in [0.1, 0.15) is 18.1 Å². The predicted octanol–water partition coefficient (Wildman–Crippen LogP) is -0.113. The van der Waals surface area contributed by atoms with Gasteiger partial charge >= 0.3 is 5.97 Å². The van der Waals surface area contributed by atoms with E-state index in [0.29, 0.717) is 18.6 Å². The SMILES string of the molecule is CSCCC(NC(=O)C(N)Cc1ccccc1)C(=O)NC(CC(C)C)C(=O)NC(CO)C(=O)O. The third-order valence-corrected chi connectivity index (χ3v) is 5.66. The molecule has 4 unspecified atom stereocenters. The van der Waals surface area contributed by atoms with Crippen LogP contribution in [0.1, 0.15) is 32.3 Å². The zero-order valence-electron chi connectivity index (χ0n) is 19.8. The van der Waals surface area contributed by atoms with Crippen LogP contribution in [-0.4, -0.2) is 76.7 Å². The van der Waals surface area contributed by atoms with Crippen molar-refractivity contribution >= 4 is 35.5 Å². The highest BCUT2D eigenvalue weighted by atomic mass is 32.2. The zero-order chi connectivity index (χ0) is 25.7. The van der Waals surface area contributed by atoms with Crippen molar-refractivity contribution in [3.63, 3.8) is 0 Å². The number of aliphatic hydroxyl groups excluding tert-OH is 1. The van der Waals surface area contributed by atoms with Gasteiger partial charge in [0.2, 0.25) is 17.7 Å². The number of rotatable bonds is 15. The summed E-state index contributed by atoms with van der Waals surface area (Å²) < 4.78 is 0. The highest BCUT2D eigenvalue weighted by Crippen LogP contribution is 2.09. The molecule has 34 heavy (non-hydrogen) atoms. The monoisotopic (exact) mass is 496 g/mol. The number of carbonyl (C=O) groups excluding carboxylic acids is 3. The van der Waals surface area contributed by atoms with Crippen LogP contribution in [0, 0.1) is 5.92 Å². The molecule has 0 fully saturated rings. The van der Waals surface area contributed by atoms with Gasteiger partial charge in [0, 0.05) is 0 Å².